The van der Waals surface area contributed by atoms with Crippen molar-refractivity contribution < 1.29 is 4.57 Å². The second kappa shape index (κ2) is 11.7. The highest BCUT2D eigenvalue weighted by atomic mass is 31.2. The molecule has 3 heteroatoms. The summed E-state index contributed by atoms with van der Waals surface area (Å²) in [6.45, 7) is 0. The number of benzene rings is 8. The number of para-hydroxylation sites is 1. The van der Waals surface area contributed by atoms with Crippen molar-refractivity contribution in [3.05, 3.63) is 194 Å². The van der Waals surface area contributed by atoms with Crippen LogP contribution in [0, 0.1) is 0 Å². The van der Waals surface area contributed by atoms with Gasteiger partial charge in [0.15, 0.2) is 7.14 Å². The molecule has 0 bridgehead atoms. The van der Waals surface area contributed by atoms with Gasteiger partial charge in [-0.15, -0.1) is 0 Å². The lowest BCUT2D eigenvalue weighted by molar-refractivity contribution is 0.593. The van der Waals surface area contributed by atoms with Gasteiger partial charge in [0.05, 0.1) is 16.3 Å². The van der Waals surface area contributed by atoms with Crippen LogP contribution in [0.1, 0.15) is 0 Å². The number of fused-ring (bicyclic) bond motifs is 7. The summed E-state index contributed by atoms with van der Waals surface area (Å²) in [5, 5.41) is 4.94. The highest BCUT2D eigenvalue weighted by Crippen LogP contribution is 2.55. The highest BCUT2D eigenvalue weighted by molar-refractivity contribution is 7.86. The van der Waals surface area contributed by atoms with Crippen molar-refractivity contribution in [3.8, 4) is 50.2 Å². The molecule has 2 heterocycles. The van der Waals surface area contributed by atoms with Crippen molar-refractivity contribution in [1.82, 2.24) is 4.57 Å². The van der Waals surface area contributed by atoms with Crippen molar-refractivity contribution in [1.29, 1.82) is 0 Å². The Hall–Kier alpha value is -6.21. The van der Waals surface area contributed by atoms with Gasteiger partial charge in [-0.05, 0) is 68.8 Å². The number of hydrogen-bond donors (Lipinski definition) is 0. The van der Waals surface area contributed by atoms with Crippen LogP contribution in [0.3, 0.4) is 0 Å². The zero-order valence-electron chi connectivity index (χ0n) is 27.8. The van der Waals surface area contributed by atoms with E-state index in [2.05, 4.69) is 162 Å². The monoisotopic (exact) mass is 669 g/mol. The van der Waals surface area contributed by atoms with E-state index in [1.165, 1.54) is 11.1 Å². The quantitative estimate of drug-likeness (QED) is 0.167. The molecule has 0 saturated heterocycles. The summed E-state index contributed by atoms with van der Waals surface area (Å²) in [5.41, 5.74) is 12.2. The molecule has 1 atom stereocenters. The molecule has 240 valence electrons. The minimum Gasteiger partial charge on any atom is -0.309 e. The first kappa shape index (κ1) is 29.7. The molecule has 1 aromatic heterocycles. The molecule has 0 saturated carbocycles. The van der Waals surface area contributed by atoms with Gasteiger partial charge >= 0.3 is 0 Å². The van der Waals surface area contributed by atoms with E-state index in [0.29, 0.717) is 0 Å². The first-order chi connectivity index (χ1) is 25.2. The Balaban J connectivity index is 1.29. The lowest BCUT2D eigenvalue weighted by Gasteiger charge is -2.19. The van der Waals surface area contributed by atoms with Gasteiger partial charge in [0.1, 0.15) is 0 Å². The van der Waals surface area contributed by atoms with E-state index in [9.17, 15) is 0 Å². The predicted octanol–water partition coefficient (Wildman–Crippen LogP) is 11.4. The van der Waals surface area contributed by atoms with E-state index < -0.39 is 7.14 Å². The Morgan fingerprint density at radius 1 is 0.392 bits per heavy atom. The second-order valence-electron chi connectivity index (χ2n) is 13.3. The van der Waals surface area contributed by atoms with E-state index >= 15 is 4.57 Å². The van der Waals surface area contributed by atoms with Gasteiger partial charge < -0.3 is 9.13 Å². The average molecular weight is 670 g/mol. The van der Waals surface area contributed by atoms with Crippen molar-refractivity contribution >= 4 is 44.9 Å². The number of nitrogens with zero attached hydrogens (tertiary/aromatic N) is 1. The van der Waals surface area contributed by atoms with Crippen molar-refractivity contribution in [3.63, 3.8) is 0 Å². The van der Waals surface area contributed by atoms with Gasteiger partial charge in [0, 0.05) is 27.1 Å². The van der Waals surface area contributed by atoms with Gasteiger partial charge in [-0.1, -0.05) is 170 Å². The van der Waals surface area contributed by atoms with Crippen molar-refractivity contribution in [2.45, 2.75) is 0 Å². The second-order valence-corrected chi connectivity index (χ2v) is 15.9. The van der Waals surface area contributed by atoms with Gasteiger partial charge in [-0.3, -0.25) is 0 Å². The number of rotatable bonds is 5. The topological polar surface area (TPSA) is 22.0 Å². The zero-order valence-corrected chi connectivity index (χ0v) is 28.7. The van der Waals surface area contributed by atoms with Gasteiger partial charge in [0.2, 0.25) is 0 Å². The summed E-state index contributed by atoms with van der Waals surface area (Å²) in [5.74, 6) is 0. The standard InChI is InChI=1S/C48H32NOP/c50-51(40-18-8-3-9-19-40)46-23-13-11-21-42(46)44-29-28-43-41-20-10-12-22-45(41)49(47(43)48(44)51)39-31-37(34-16-6-2-7-17-34)30-38(32-39)36-26-24-35(25-27-36)33-14-4-1-5-15-33/h1-32H. The van der Waals surface area contributed by atoms with Gasteiger partial charge in [-0.2, -0.15) is 0 Å². The molecule has 2 nitrogen and oxygen atoms in total. The zero-order chi connectivity index (χ0) is 33.9. The minimum atomic E-state index is -3.25. The number of aromatic nitrogens is 1. The molecule has 1 unspecified atom stereocenters. The maximum absolute atomic E-state index is 16.0. The lowest BCUT2D eigenvalue weighted by atomic mass is 9.96. The summed E-state index contributed by atoms with van der Waals surface area (Å²) >= 11 is 0. The van der Waals surface area contributed by atoms with Crippen LogP contribution in [-0.4, -0.2) is 4.57 Å². The fourth-order valence-electron chi connectivity index (χ4n) is 8.04. The van der Waals surface area contributed by atoms with Crippen LogP contribution < -0.4 is 15.9 Å². The molecule has 10 rings (SSSR count). The van der Waals surface area contributed by atoms with Crippen LogP contribution in [-0.2, 0) is 4.57 Å². The van der Waals surface area contributed by atoms with E-state index in [4.69, 9.17) is 0 Å². The largest absolute Gasteiger partial charge is 0.309 e. The Labute approximate surface area is 297 Å². The van der Waals surface area contributed by atoms with Crippen LogP contribution in [0.2, 0.25) is 0 Å². The summed E-state index contributed by atoms with van der Waals surface area (Å²) in [7, 11) is -3.25. The Morgan fingerprint density at radius 3 is 1.61 bits per heavy atom. The molecular formula is C48H32NOP. The molecule has 0 N–H and O–H groups in total. The molecule has 9 aromatic rings. The van der Waals surface area contributed by atoms with Gasteiger partial charge in [0.25, 0.3) is 0 Å². The summed E-state index contributed by atoms with van der Waals surface area (Å²) < 4.78 is 18.4. The van der Waals surface area contributed by atoms with E-state index in [-0.39, 0.29) is 0 Å². The highest BCUT2D eigenvalue weighted by Gasteiger charge is 2.42. The molecule has 0 aliphatic carbocycles. The molecule has 1 aliphatic heterocycles. The van der Waals surface area contributed by atoms with Crippen molar-refractivity contribution in [2.24, 2.45) is 0 Å². The average Bonchev–Trinajstić information content (AvgIpc) is 3.69. The molecule has 0 radical (unpaired) electrons. The molecular weight excluding hydrogens is 638 g/mol. The Bertz CT molecular complexity index is 2800. The van der Waals surface area contributed by atoms with Crippen LogP contribution >= 0.6 is 7.14 Å². The SMILES string of the molecule is O=P1(c2ccccc2)c2ccccc2-c2ccc3c4ccccc4n(-c4cc(-c5ccccc5)cc(-c5ccc(-c6ccccc6)cc5)c4)c3c21. The lowest BCUT2D eigenvalue weighted by Crippen LogP contribution is -2.22. The normalized spacial score (nSPS) is 14.8. The first-order valence-corrected chi connectivity index (χ1v) is 19.1. The molecule has 0 spiro atoms. The first-order valence-electron chi connectivity index (χ1n) is 17.4. The van der Waals surface area contributed by atoms with E-state index in [1.807, 2.05) is 36.4 Å². The molecule has 51 heavy (non-hydrogen) atoms. The van der Waals surface area contributed by atoms with Crippen molar-refractivity contribution in [2.75, 3.05) is 0 Å². The van der Waals surface area contributed by atoms with Crippen LogP contribution in [0.5, 0.6) is 0 Å². The van der Waals surface area contributed by atoms with Crippen LogP contribution in [0.15, 0.2) is 194 Å². The van der Waals surface area contributed by atoms with Crippen LogP contribution in [0.25, 0.3) is 72.0 Å². The van der Waals surface area contributed by atoms with Gasteiger partial charge in [-0.25, -0.2) is 0 Å². The smallest absolute Gasteiger partial charge is 0.174 e. The Morgan fingerprint density at radius 2 is 0.922 bits per heavy atom. The number of hydrogen-bond acceptors (Lipinski definition) is 1. The predicted molar refractivity (Wildman–Crippen MR) is 215 cm³/mol. The maximum atomic E-state index is 16.0. The fraction of sp³-hybridized carbons (Fsp3) is 0. The Kier molecular flexibility index (Phi) is 6.81. The third kappa shape index (κ3) is 4.61. The molecule has 8 aromatic carbocycles. The fourth-order valence-corrected chi connectivity index (χ4v) is 11.3. The minimum absolute atomic E-state index is 0.859. The summed E-state index contributed by atoms with van der Waals surface area (Å²) in [6.07, 6.45) is 0. The van der Waals surface area contributed by atoms with Crippen LogP contribution in [0.4, 0.5) is 0 Å². The summed E-state index contributed by atoms with van der Waals surface area (Å²) in [4.78, 5) is 0. The maximum Gasteiger partial charge on any atom is 0.174 e. The molecule has 0 amide bonds. The summed E-state index contributed by atoms with van der Waals surface area (Å²) in [6, 6.07) is 68.2. The third-order valence-electron chi connectivity index (χ3n) is 10.4. The molecule has 1 aliphatic rings. The van der Waals surface area contributed by atoms with E-state index in [1.54, 1.807) is 0 Å². The third-order valence-corrected chi connectivity index (χ3v) is 13.6. The van der Waals surface area contributed by atoms with E-state index in [0.717, 1.165) is 76.8 Å². The molecule has 0 fully saturated rings.